The van der Waals surface area contributed by atoms with Gasteiger partial charge in [-0.05, 0) is 32.3 Å². The van der Waals surface area contributed by atoms with Crippen LogP contribution in [0.4, 0.5) is 0 Å². The van der Waals surface area contributed by atoms with Crippen LogP contribution in [0.25, 0.3) is 0 Å². The number of hydrogen-bond acceptors (Lipinski definition) is 5. The fraction of sp³-hybridized carbons (Fsp3) is 0.438. The van der Waals surface area contributed by atoms with E-state index < -0.39 is 5.97 Å². The number of hydrogen-bond donors (Lipinski definition) is 2. The average molecular weight is 336 g/mol. The van der Waals surface area contributed by atoms with Crippen molar-refractivity contribution in [3.8, 4) is 0 Å². The van der Waals surface area contributed by atoms with E-state index in [-0.39, 0.29) is 18.0 Å². The molecule has 0 fully saturated rings. The topological polar surface area (TPSA) is 92.4 Å². The second-order valence-corrected chi connectivity index (χ2v) is 6.98. The van der Waals surface area contributed by atoms with Gasteiger partial charge < -0.3 is 14.8 Å². The van der Waals surface area contributed by atoms with Crippen LogP contribution >= 0.6 is 11.3 Å². The SMILES string of the molecule is Cc1nc(CC(C)C)c(C(=O)NCc2cc(C(=O)O)c(C)o2)s1. The minimum absolute atomic E-state index is 0.114. The lowest BCUT2D eigenvalue weighted by molar-refractivity contribution is 0.0694. The van der Waals surface area contributed by atoms with Crippen LogP contribution in [0.15, 0.2) is 10.5 Å². The summed E-state index contributed by atoms with van der Waals surface area (Å²) < 4.78 is 5.35. The minimum atomic E-state index is -1.04. The number of carbonyl (C=O) groups excluding carboxylic acids is 1. The molecule has 0 aromatic carbocycles. The van der Waals surface area contributed by atoms with Gasteiger partial charge in [0.25, 0.3) is 5.91 Å². The van der Waals surface area contributed by atoms with E-state index in [1.54, 1.807) is 6.92 Å². The molecule has 23 heavy (non-hydrogen) atoms. The van der Waals surface area contributed by atoms with Gasteiger partial charge in [0.1, 0.15) is 22.0 Å². The second-order valence-electron chi connectivity index (χ2n) is 5.78. The van der Waals surface area contributed by atoms with E-state index in [0.29, 0.717) is 22.3 Å². The number of carboxylic acid groups (broad SMARTS) is 1. The maximum Gasteiger partial charge on any atom is 0.339 e. The number of furan rings is 1. The minimum Gasteiger partial charge on any atom is -0.478 e. The Kier molecular flexibility index (Phi) is 5.20. The molecule has 0 radical (unpaired) electrons. The maximum atomic E-state index is 12.4. The number of aromatic nitrogens is 1. The summed E-state index contributed by atoms with van der Waals surface area (Å²) in [5.74, 6) is -0.0945. The first kappa shape index (κ1) is 17.2. The number of carboxylic acids is 1. The molecule has 2 N–H and O–H groups in total. The van der Waals surface area contributed by atoms with Gasteiger partial charge in [-0.15, -0.1) is 11.3 Å². The molecule has 2 rings (SSSR count). The predicted molar refractivity (Wildman–Crippen MR) is 87.0 cm³/mol. The summed E-state index contributed by atoms with van der Waals surface area (Å²) >= 11 is 1.36. The molecule has 7 heteroatoms. The van der Waals surface area contributed by atoms with Crippen LogP contribution in [0.5, 0.6) is 0 Å². The second kappa shape index (κ2) is 6.95. The molecule has 2 aromatic rings. The first-order valence-corrected chi connectivity index (χ1v) is 8.16. The third kappa shape index (κ3) is 4.19. The van der Waals surface area contributed by atoms with Gasteiger partial charge in [0.2, 0.25) is 0 Å². The molecule has 0 unspecified atom stereocenters. The van der Waals surface area contributed by atoms with Crippen molar-refractivity contribution in [2.45, 2.75) is 40.7 Å². The van der Waals surface area contributed by atoms with Gasteiger partial charge >= 0.3 is 5.97 Å². The molecule has 0 atom stereocenters. The summed E-state index contributed by atoms with van der Waals surface area (Å²) in [4.78, 5) is 28.4. The van der Waals surface area contributed by atoms with Gasteiger partial charge in [-0.2, -0.15) is 0 Å². The van der Waals surface area contributed by atoms with Crippen molar-refractivity contribution < 1.29 is 19.1 Å². The Labute approximate surface area is 138 Å². The third-order valence-corrected chi connectivity index (χ3v) is 4.25. The third-order valence-electron chi connectivity index (χ3n) is 3.23. The molecule has 0 saturated heterocycles. The van der Waals surface area contributed by atoms with Crippen LogP contribution in [0, 0.1) is 19.8 Å². The van der Waals surface area contributed by atoms with Crippen molar-refractivity contribution in [1.29, 1.82) is 0 Å². The Balaban J connectivity index is 2.08. The van der Waals surface area contributed by atoms with Crippen molar-refractivity contribution in [2.24, 2.45) is 5.92 Å². The number of aromatic carboxylic acids is 1. The highest BCUT2D eigenvalue weighted by molar-refractivity contribution is 7.13. The van der Waals surface area contributed by atoms with Crippen molar-refractivity contribution >= 4 is 23.2 Å². The van der Waals surface area contributed by atoms with E-state index in [2.05, 4.69) is 24.1 Å². The Morgan fingerprint density at radius 1 is 1.39 bits per heavy atom. The van der Waals surface area contributed by atoms with Crippen LogP contribution < -0.4 is 5.32 Å². The summed E-state index contributed by atoms with van der Waals surface area (Å²) in [6.45, 7) is 7.76. The van der Waals surface area contributed by atoms with E-state index in [1.165, 1.54) is 17.4 Å². The van der Waals surface area contributed by atoms with Crippen LogP contribution in [-0.4, -0.2) is 22.0 Å². The predicted octanol–water partition coefficient (Wildman–Crippen LogP) is 3.18. The number of amides is 1. The summed E-state index contributed by atoms with van der Waals surface area (Å²) in [6, 6.07) is 1.44. The van der Waals surface area contributed by atoms with Crippen LogP contribution in [0.3, 0.4) is 0 Å². The van der Waals surface area contributed by atoms with Crippen LogP contribution in [0.2, 0.25) is 0 Å². The van der Waals surface area contributed by atoms with Gasteiger partial charge in [0.05, 0.1) is 17.2 Å². The first-order chi connectivity index (χ1) is 10.8. The molecule has 0 aliphatic rings. The van der Waals surface area contributed by atoms with Gasteiger partial charge in [-0.3, -0.25) is 4.79 Å². The Morgan fingerprint density at radius 2 is 2.09 bits per heavy atom. The highest BCUT2D eigenvalue weighted by atomic mass is 32.1. The summed E-state index contributed by atoms with van der Waals surface area (Å²) in [5, 5.41) is 12.6. The van der Waals surface area contributed by atoms with Gasteiger partial charge in [0, 0.05) is 0 Å². The fourth-order valence-electron chi connectivity index (χ4n) is 2.26. The highest BCUT2D eigenvalue weighted by Crippen LogP contribution is 2.21. The van der Waals surface area contributed by atoms with Gasteiger partial charge in [0.15, 0.2) is 0 Å². The molecule has 124 valence electrons. The lowest BCUT2D eigenvalue weighted by Gasteiger charge is -2.05. The highest BCUT2D eigenvalue weighted by Gasteiger charge is 2.19. The largest absolute Gasteiger partial charge is 0.478 e. The molecule has 2 heterocycles. The summed E-state index contributed by atoms with van der Waals surface area (Å²) in [6.07, 6.45) is 0.746. The summed E-state index contributed by atoms with van der Waals surface area (Å²) in [7, 11) is 0. The van der Waals surface area contributed by atoms with Crippen molar-refractivity contribution in [1.82, 2.24) is 10.3 Å². The molecule has 2 aromatic heterocycles. The number of thiazole rings is 1. The molecule has 0 aliphatic carbocycles. The fourth-order valence-corrected chi connectivity index (χ4v) is 3.13. The zero-order chi connectivity index (χ0) is 17.1. The monoisotopic (exact) mass is 336 g/mol. The molecule has 0 saturated carbocycles. The first-order valence-electron chi connectivity index (χ1n) is 7.35. The number of rotatable bonds is 6. The average Bonchev–Trinajstić information content (AvgIpc) is 2.98. The number of nitrogens with one attached hydrogen (secondary N) is 1. The van der Waals surface area contributed by atoms with E-state index in [9.17, 15) is 9.59 Å². The molecular formula is C16H20N2O4S. The van der Waals surface area contributed by atoms with Crippen molar-refractivity contribution in [2.75, 3.05) is 0 Å². The van der Waals surface area contributed by atoms with Crippen LogP contribution in [0.1, 0.15) is 56.1 Å². The quantitative estimate of drug-likeness (QED) is 0.845. The van der Waals surface area contributed by atoms with Crippen LogP contribution in [-0.2, 0) is 13.0 Å². The van der Waals surface area contributed by atoms with Gasteiger partial charge in [-0.25, -0.2) is 9.78 Å². The van der Waals surface area contributed by atoms with E-state index >= 15 is 0 Å². The normalized spacial score (nSPS) is 11.0. The number of nitrogens with zero attached hydrogens (tertiary/aromatic N) is 1. The molecule has 0 aliphatic heterocycles. The Hall–Kier alpha value is -2.15. The Morgan fingerprint density at radius 3 is 2.65 bits per heavy atom. The maximum absolute atomic E-state index is 12.4. The molecular weight excluding hydrogens is 316 g/mol. The lowest BCUT2D eigenvalue weighted by atomic mass is 10.1. The molecule has 6 nitrogen and oxygen atoms in total. The molecule has 0 bridgehead atoms. The molecule has 0 spiro atoms. The smallest absolute Gasteiger partial charge is 0.339 e. The van der Waals surface area contributed by atoms with E-state index in [1.807, 2.05) is 6.92 Å². The number of aryl methyl sites for hydroxylation is 2. The lowest BCUT2D eigenvalue weighted by Crippen LogP contribution is -2.23. The zero-order valence-electron chi connectivity index (χ0n) is 13.6. The standard InChI is InChI=1S/C16H20N2O4S/c1-8(2)5-13-14(23-10(4)18-13)15(19)17-7-11-6-12(16(20)21)9(3)22-11/h6,8H,5,7H2,1-4H3,(H,17,19)(H,20,21). The van der Waals surface area contributed by atoms with Crippen molar-refractivity contribution in [3.63, 3.8) is 0 Å². The van der Waals surface area contributed by atoms with Gasteiger partial charge in [-0.1, -0.05) is 13.8 Å². The molecule has 1 amide bonds. The zero-order valence-corrected chi connectivity index (χ0v) is 14.4. The van der Waals surface area contributed by atoms with E-state index in [0.717, 1.165) is 17.1 Å². The number of carbonyl (C=O) groups is 2. The van der Waals surface area contributed by atoms with E-state index in [4.69, 9.17) is 9.52 Å². The summed E-state index contributed by atoms with van der Waals surface area (Å²) in [5.41, 5.74) is 0.922. The van der Waals surface area contributed by atoms with Crippen molar-refractivity contribution in [3.05, 3.63) is 38.7 Å². The Bertz CT molecular complexity index is 731.